The van der Waals surface area contributed by atoms with Gasteiger partial charge in [0.1, 0.15) is 11.6 Å². The molecule has 4 atom stereocenters. The predicted octanol–water partition coefficient (Wildman–Crippen LogP) is 4.97. The van der Waals surface area contributed by atoms with E-state index in [1.807, 2.05) is 21.9 Å². The Kier molecular flexibility index (Phi) is 12.5. The number of alkyl halides is 6. The molecule has 8 rings (SSSR count). The van der Waals surface area contributed by atoms with Crippen LogP contribution in [-0.4, -0.2) is 144 Å². The van der Waals surface area contributed by atoms with Crippen molar-refractivity contribution in [2.75, 3.05) is 115 Å². The normalized spacial score (nSPS) is 26.1. The number of benzene rings is 2. The molecule has 2 aromatic carbocycles. The van der Waals surface area contributed by atoms with Gasteiger partial charge in [-0.15, -0.1) is 0 Å². The highest BCUT2D eigenvalue weighted by molar-refractivity contribution is 5.68. The van der Waals surface area contributed by atoms with Gasteiger partial charge in [0.25, 0.3) is 6.10 Å². The van der Waals surface area contributed by atoms with Gasteiger partial charge in [0.05, 0.1) is 26.4 Å². The highest BCUT2D eigenvalue weighted by Crippen LogP contribution is 2.38. The van der Waals surface area contributed by atoms with Gasteiger partial charge in [-0.2, -0.15) is 26.3 Å². The van der Waals surface area contributed by atoms with E-state index in [2.05, 4.69) is 25.9 Å². The molecule has 0 spiro atoms. The van der Waals surface area contributed by atoms with Gasteiger partial charge in [-0.3, -0.25) is 9.80 Å². The summed E-state index contributed by atoms with van der Waals surface area (Å²) in [5.74, 6) is 0.819. The molecule has 310 valence electrons. The molecular weight excluding hydrogens is 756 g/mol. The number of hydrogen-bond acceptors (Lipinski definition) is 9. The molecular formula is C38H48F8N6O4. The number of nitrogens with one attached hydrogen (secondary N) is 1. The van der Waals surface area contributed by atoms with Crippen LogP contribution < -0.4 is 15.1 Å². The van der Waals surface area contributed by atoms with Crippen LogP contribution in [0.1, 0.15) is 11.1 Å². The maximum absolute atomic E-state index is 14.7. The number of nitrogens with zero attached hydrogens (tertiary/aromatic N) is 5. The number of halogens is 8. The van der Waals surface area contributed by atoms with Gasteiger partial charge < -0.3 is 34.2 Å². The summed E-state index contributed by atoms with van der Waals surface area (Å²) in [6, 6.07) is 10.8. The van der Waals surface area contributed by atoms with Crippen molar-refractivity contribution in [3.63, 3.8) is 0 Å². The van der Waals surface area contributed by atoms with E-state index in [9.17, 15) is 39.9 Å². The van der Waals surface area contributed by atoms with Crippen LogP contribution in [0.3, 0.4) is 0 Å². The van der Waals surface area contributed by atoms with E-state index in [1.165, 1.54) is 6.07 Å². The first-order valence-corrected chi connectivity index (χ1v) is 19.2. The van der Waals surface area contributed by atoms with Gasteiger partial charge in [0.2, 0.25) is 0 Å². The molecule has 6 heterocycles. The summed E-state index contributed by atoms with van der Waals surface area (Å²) in [4.78, 5) is 21.5. The first-order valence-electron chi connectivity index (χ1n) is 19.2. The second-order valence-electron chi connectivity index (χ2n) is 15.6. The van der Waals surface area contributed by atoms with Crippen LogP contribution >= 0.6 is 0 Å². The van der Waals surface area contributed by atoms with E-state index < -0.39 is 24.5 Å². The highest BCUT2D eigenvalue weighted by Gasteiger charge is 2.60. The van der Waals surface area contributed by atoms with Crippen LogP contribution in [-0.2, 0) is 27.3 Å². The highest BCUT2D eigenvalue weighted by atomic mass is 19.4. The third-order valence-corrected chi connectivity index (χ3v) is 11.7. The number of likely N-dealkylation sites (tertiary alicyclic amines) is 3. The molecule has 18 heteroatoms. The number of carbonyl (C=O) groups is 1. The lowest BCUT2D eigenvalue weighted by atomic mass is 10.0. The summed E-state index contributed by atoms with van der Waals surface area (Å²) in [5, 5.41) is 3.45. The van der Waals surface area contributed by atoms with E-state index in [-0.39, 0.29) is 36.6 Å². The molecule has 0 aromatic heterocycles. The van der Waals surface area contributed by atoms with Crippen molar-refractivity contribution in [1.29, 1.82) is 0 Å². The van der Waals surface area contributed by atoms with Gasteiger partial charge in [-0.25, -0.2) is 13.6 Å². The fraction of sp³-hybridized carbons (Fsp3) is 0.658. The fourth-order valence-electron chi connectivity index (χ4n) is 8.79. The number of fused-ring (bicyclic) bond motifs is 2. The largest absolute Gasteiger partial charge is 0.434 e. The Morgan fingerprint density at radius 1 is 0.661 bits per heavy atom. The molecule has 10 nitrogen and oxygen atoms in total. The number of hydrogen-bond donors (Lipinski definition) is 1. The van der Waals surface area contributed by atoms with Gasteiger partial charge in [-0.1, -0.05) is 12.1 Å². The van der Waals surface area contributed by atoms with E-state index in [0.29, 0.717) is 51.5 Å². The van der Waals surface area contributed by atoms with Crippen LogP contribution in [0.2, 0.25) is 0 Å². The Hall–Kier alpha value is -3.45. The van der Waals surface area contributed by atoms with Crippen LogP contribution in [0.4, 0.5) is 51.3 Å². The lowest BCUT2D eigenvalue weighted by Crippen LogP contribution is -2.48. The molecule has 56 heavy (non-hydrogen) atoms. The quantitative estimate of drug-likeness (QED) is 0.391. The zero-order valence-corrected chi connectivity index (χ0v) is 31.0. The van der Waals surface area contributed by atoms with Crippen LogP contribution in [0.5, 0.6) is 0 Å². The Morgan fingerprint density at radius 2 is 1.07 bits per heavy atom. The molecule has 1 N–H and O–H groups in total. The van der Waals surface area contributed by atoms with Crippen LogP contribution in [0, 0.1) is 35.3 Å². The lowest BCUT2D eigenvalue weighted by molar-refractivity contribution is -0.308. The molecule has 0 aliphatic carbocycles. The van der Waals surface area contributed by atoms with Gasteiger partial charge in [-0.05, 0) is 61.0 Å². The maximum atomic E-state index is 14.7. The average molecular weight is 805 g/mol. The molecule has 0 saturated carbocycles. The predicted molar refractivity (Wildman–Crippen MR) is 190 cm³/mol. The molecule has 1 amide bonds. The number of anilines is 2. The van der Waals surface area contributed by atoms with Gasteiger partial charge in [0.15, 0.2) is 0 Å². The molecule has 6 aliphatic rings. The first kappa shape index (κ1) is 40.7. The number of rotatable bonds is 7. The van der Waals surface area contributed by atoms with Crippen LogP contribution in [0.15, 0.2) is 36.4 Å². The molecule has 6 saturated heterocycles. The Bertz CT molecular complexity index is 1620. The maximum Gasteiger partial charge on any atom is 0.434 e. The molecule has 0 radical (unpaired) electrons. The lowest BCUT2D eigenvalue weighted by Gasteiger charge is -2.29. The third-order valence-electron chi connectivity index (χ3n) is 11.7. The zero-order chi connectivity index (χ0) is 39.6. The SMILES string of the molecule is Fc1cc(N2CCOCC2)ccc1CN1CC2CNCC2C1.O=C(OC(C(F)(F)F)C(F)(F)F)N1CC2CN(Cc3ccc(N4CCOCC4)cc3F)CC2C1. The van der Waals surface area contributed by atoms with Crippen molar-refractivity contribution in [3.05, 3.63) is 59.2 Å². The summed E-state index contributed by atoms with van der Waals surface area (Å²) < 4.78 is 120. The molecule has 2 aromatic rings. The van der Waals surface area contributed by atoms with Gasteiger partial charge >= 0.3 is 18.4 Å². The summed E-state index contributed by atoms with van der Waals surface area (Å²) in [5.41, 5.74) is 3.07. The molecule has 6 aliphatic heterocycles. The Labute approximate surface area is 320 Å². The van der Waals surface area contributed by atoms with Crippen LogP contribution in [0.25, 0.3) is 0 Å². The number of ether oxygens (including phenoxy) is 3. The van der Waals surface area contributed by atoms with Crippen molar-refractivity contribution in [3.8, 4) is 0 Å². The van der Waals surface area contributed by atoms with E-state index in [4.69, 9.17) is 9.47 Å². The minimum absolute atomic E-state index is 0.0130. The van der Waals surface area contributed by atoms with Crippen molar-refractivity contribution in [2.45, 2.75) is 31.5 Å². The number of carbonyl (C=O) groups excluding carboxylic acids is 1. The first-order chi connectivity index (χ1) is 26.7. The average Bonchev–Trinajstić information content (AvgIpc) is 3.94. The monoisotopic (exact) mass is 804 g/mol. The standard InChI is InChI=1S/C21H24F7N3O3.C17H24FN3O/c22-17-7-16(30-3-5-33-6-4-30)2-1-13(17)8-29-9-14-11-31(12-15(14)10-29)19(32)34-18(20(23,24)25)21(26,27)28;18-17-7-16(21-3-5-22-6-4-21)2-1-13(17)10-20-11-14-8-19-9-15(14)12-20/h1-2,7,14-15,18H,3-6,8-12H2;1-2,7,14-15,19H,3-6,8-12H2. The second kappa shape index (κ2) is 17.2. The van der Waals surface area contributed by atoms with E-state index in [0.717, 1.165) is 92.7 Å². The summed E-state index contributed by atoms with van der Waals surface area (Å²) >= 11 is 0. The topological polar surface area (TPSA) is 73.0 Å². The van der Waals surface area contributed by atoms with Gasteiger partial charge in [0, 0.05) is 101 Å². The van der Waals surface area contributed by atoms with Crippen molar-refractivity contribution < 1.29 is 54.1 Å². The third kappa shape index (κ3) is 9.80. The Balaban J connectivity index is 0.000000187. The second-order valence-corrected chi connectivity index (χ2v) is 15.6. The summed E-state index contributed by atoms with van der Waals surface area (Å²) in [6.07, 6.45) is -17.3. The smallest absolute Gasteiger partial charge is 0.426 e. The molecule has 0 bridgehead atoms. The van der Waals surface area contributed by atoms with E-state index in [1.54, 1.807) is 12.1 Å². The van der Waals surface area contributed by atoms with Crippen molar-refractivity contribution in [2.24, 2.45) is 23.7 Å². The number of amides is 1. The minimum Gasteiger partial charge on any atom is -0.426 e. The summed E-state index contributed by atoms with van der Waals surface area (Å²) in [6.45, 7) is 12.0. The van der Waals surface area contributed by atoms with Crippen molar-refractivity contribution in [1.82, 2.24) is 20.0 Å². The Morgan fingerprint density at radius 3 is 1.46 bits per heavy atom. The minimum atomic E-state index is -5.75. The number of morpholine rings is 2. The molecule has 4 unspecified atom stereocenters. The fourth-order valence-corrected chi connectivity index (χ4v) is 8.79. The zero-order valence-electron chi connectivity index (χ0n) is 31.0. The van der Waals surface area contributed by atoms with Crippen molar-refractivity contribution >= 4 is 17.5 Å². The molecule has 6 fully saturated rings. The summed E-state index contributed by atoms with van der Waals surface area (Å²) in [7, 11) is 0. The van der Waals surface area contributed by atoms with E-state index >= 15 is 0 Å².